The molecule has 0 saturated carbocycles. The molecule has 5 heteroatoms. The Morgan fingerprint density at radius 2 is 1.86 bits per heavy atom. The molecule has 0 radical (unpaired) electrons. The summed E-state index contributed by atoms with van der Waals surface area (Å²) >= 11 is 0. The molecular weight excluding hydrogens is 268 g/mol. The fourth-order valence-electron chi connectivity index (χ4n) is 2.91. The molecule has 1 saturated heterocycles. The number of nitrogens with zero attached hydrogens (tertiary/aromatic N) is 2. The topological polar surface area (TPSA) is 54.8 Å². The van der Waals surface area contributed by atoms with Gasteiger partial charge in [0.1, 0.15) is 18.0 Å². The summed E-state index contributed by atoms with van der Waals surface area (Å²) in [6, 6.07) is 9.93. The van der Waals surface area contributed by atoms with Gasteiger partial charge in [-0.2, -0.15) is 0 Å². The summed E-state index contributed by atoms with van der Waals surface area (Å²) in [7, 11) is 3.39. The first-order chi connectivity index (χ1) is 10.3. The highest BCUT2D eigenvalue weighted by molar-refractivity contribution is 5.81. The van der Waals surface area contributed by atoms with E-state index in [0.717, 1.165) is 22.3 Å². The Bertz CT molecular complexity index is 620. The lowest BCUT2D eigenvalue weighted by molar-refractivity contribution is -0.00461. The van der Waals surface area contributed by atoms with E-state index in [1.165, 1.54) is 0 Å². The predicted octanol–water partition coefficient (Wildman–Crippen LogP) is 1.58. The lowest BCUT2D eigenvalue weighted by atomic mass is 10.1. The van der Waals surface area contributed by atoms with Crippen LogP contribution in [-0.2, 0) is 16.1 Å². The molecular formula is C16H20N2O3. The lowest BCUT2D eigenvalue weighted by Crippen LogP contribution is -2.27. The van der Waals surface area contributed by atoms with Crippen LogP contribution in [0.4, 0.5) is 5.82 Å². The summed E-state index contributed by atoms with van der Waals surface area (Å²) in [5.74, 6) is 0.817. The number of pyridine rings is 1. The SMILES string of the molecule is COC1CN(c2nc3ccccc3cc2CO)CC1OC. The molecule has 5 nitrogen and oxygen atoms in total. The molecule has 0 bridgehead atoms. The summed E-state index contributed by atoms with van der Waals surface area (Å²) in [5.41, 5.74) is 1.76. The van der Waals surface area contributed by atoms with E-state index in [-0.39, 0.29) is 18.8 Å². The summed E-state index contributed by atoms with van der Waals surface area (Å²) < 4.78 is 10.9. The van der Waals surface area contributed by atoms with Gasteiger partial charge in [-0.3, -0.25) is 0 Å². The number of para-hydroxylation sites is 1. The van der Waals surface area contributed by atoms with Crippen LogP contribution in [0.1, 0.15) is 5.56 Å². The minimum Gasteiger partial charge on any atom is -0.392 e. The predicted molar refractivity (Wildman–Crippen MR) is 81.5 cm³/mol. The first-order valence-electron chi connectivity index (χ1n) is 7.07. The number of hydrogen-bond acceptors (Lipinski definition) is 5. The molecule has 1 aliphatic heterocycles. The molecule has 3 rings (SSSR count). The van der Waals surface area contributed by atoms with Crippen molar-refractivity contribution in [2.45, 2.75) is 18.8 Å². The summed E-state index contributed by atoms with van der Waals surface area (Å²) in [5, 5.41) is 10.7. The number of hydrogen-bond donors (Lipinski definition) is 1. The highest BCUT2D eigenvalue weighted by Crippen LogP contribution is 2.28. The van der Waals surface area contributed by atoms with Crippen molar-refractivity contribution in [3.8, 4) is 0 Å². The van der Waals surface area contributed by atoms with Crippen LogP contribution in [-0.4, -0.2) is 49.6 Å². The third-order valence-corrected chi connectivity index (χ3v) is 4.07. The smallest absolute Gasteiger partial charge is 0.135 e. The Balaban J connectivity index is 1.99. The number of aromatic nitrogens is 1. The fourth-order valence-corrected chi connectivity index (χ4v) is 2.91. The highest BCUT2D eigenvalue weighted by Gasteiger charge is 2.34. The Morgan fingerprint density at radius 3 is 2.48 bits per heavy atom. The van der Waals surface area contributed by atoms with E-state index >= 15 is 0 Å². The lowest BCUT2D eigenvalue weighted by Gasteiger charge is -2.20. The molecule has 0 aliphatic carbocycles. The monoisotopic (exact) mass is 288 g/mol. The van der Waals surface area contributed by atoms with Crippen LogP contribution in [0.25, 0.3) is 10.9 Å². The number of anilines is 1. The zero-order valence-corrected chi connectivity index (χ0v) is 12.3. The van der Waals surface area contributed by atoms with Crippen LogP contribution in [0.15, 0.2) is 30.3 Å². The number of ether oxygens (including phenoxy) is 2. The zero-order chi connectivity index (χ0) is 14.8. The van der Waals surface area contributed by atoms with E-state index < -0.39 is 0 Å². The first-order valence-corrected chi connectivity index (χ1v) is 7.07. The molecule has 2 atom stereocenters. The molecule has 2 aromatic rings. The highest BCUT2D eigenvalue weighted by atomic mass is 16.5. The van der Waals surface area contributed by atoms with Crippen LogP contribution in [0, 0.1) is 0 Å². The van der Waals surface area contributed by atoms with E-state index in [4.69, 9.17) is 14.5 Å². The van der Waals surface area contributed by atoms with Gasteiger partial charge in [-0.15, -0.1) is 0 Å². The van der Waals surface area contributed by atoms with Crippen LogP contribution in [0.3, 0.4) is 0 Å². The maximum atomic E-state index is 9.66. The Labute approximate surface area is 124 Å². The molecule has 112 valence electrons. The van der Waals surface area contributed by atoms with Gasteiger partial charge >= 0.3 is 0 Å². The molecule has 1 N–H and O–H groups in total. The molecule has 1 aromatic carbocycles. The van der Waals surface area contributed by atoms with Crippen molar-refractivity contribution in [1.82, 2.24) is 4.98 Å². The van der Waals surface area contributed by atoms with E-state index in [2.05, 4.69) is 4.90 Å². The van der Waals surface area contributed by atoms with Gasteiger partial charge < -0.3 is 19.5 Å². The number of aliphatic hydroxyl groups excluding tert-OH is 1. The molecule has 2 unspecified atom stereocenters. The zero-order valence-electron chi connectivity index (χ0n) is 12.3. The van der Waals surface area contributed by atoms with Crippen molar-refractivity contribution < 1.29 is 14.6 Å². The average Bonchev–Trinajstić information content (AvgIpc) is 2.96. The minimum atomic E-state index is -0.0288. The number of rotatable bonds is 4. The number of fused-ring (bicyclic) bond motifs is 1. The maximum Gasteiger partial charge on any atom is 0.135 e. The summed E-state index contributed by atoms with van der Waals surface area (Å²) in [6.45, 7) is 1.40. The Morgan fingerprint density at radius 1 is 1.19 bits per heavy atom. The van der Waals surface area contributed by atoms with Crippen molar-refractivity contribution in [3.05, 3.63) is 35.9 Å². The van der Waals surface area contributed by atoms with Gasteiger partial charge in [-0.05, 0) is 12.1 Å². The van der Waals surface area contributed by atoms with Crippen LogP contribution in [0.5, 0.6) is 0 Å². The van der Waals surface area contributed by atoms with Crippen LogP contribution < -0.4 is 4.90 Å². The molecule has 1 fully saturated rings. The van der Waals surface area contributed by atoms with E-state index in [0.29, 0.717) is 13.1 Å². The van der Waals surface area contributed by atoms with Crippen LogP contribution >= 0.6 is 0 Å². The Hall–Kier alpha value is -1.69. The van der Waals surface area contributed by atoms with Crippen LogP contribution in [0.2, 0.25) is 0 Å². The number of benzene rings is 1. The molecule has 1 aliphatic rings. The molecule has 0 spiro atoms. The molecule has 0 amide bonds. The fraction of sp³-hybridized carbons (Fsp3) is 0.438. The van der Waals surface area contributed by atoms with E-state index in [1.807, 2.05) is 30.3 Å². The van der Waals surface area contributed by atoms with Gasteiger partial charge in [-0.25, -0.2) is 4.98 Å². The van der Waals surface area contributed by atoms with Crippen molar-refractivity contribution in [3.63, 3.8) is 0 Å². The quantitative estimate of drug-likeness (QED) is 0.925. The molecule has 21 heavy (non-hydrogen) atoms. The first kappa shape index (κ1) is 14.3. The van der Waals surface area contributed by atoms with Crippen molar-refractivity contribution in [2.24, 2.45) is 0 Å². The van der Waals surface area contributed by atoms with Crippen molar-refractivity contribution in [1.29, 1.82) is 0 Å². The van der Waals surface area contributed by atoms with Gasteiger partial charge in [-0.1, -0.05) is 18.2 Å². The summed E-state index contributed by atoms with van der Waals surface area (Å²) in [6.07, 6.45) is 0.0460. The summed E-state index contributed by atoms with van der Waals surface area (Å²) in [4.78, 5) is 6.85. The van der Waals surface area contributed by atoms with Gasteiger partial charge in [0, 0.05) is 38.3 Å². The van der Waals surface area contributed by atoms with Gasteiger partial charge in [0.05, 0.1) is 12.1 Å². The second-order valence-electron chi connectivity index (χ2n) is 5.28. The maximum absolute atomic E-state index is 9.66. The van der Waals surface area contributed by atoms with Crippen molar-refractivity contribution in [2.75, 3.05) is 32.2 Å². The number of aliphatic hydroxyl groups is 1. The van der Waals surface area contributed by atoms with Gasteiger partial charge in [0.25, 0.3) is 0 Å². The van der Waals surface area contributed by atoms with E-state index in [9.17, 15) is 5.11 Å². The molecule has 1 aromatic heterocycles. The number of methoxy groups -OCH3 is 2. The normalized spacial score (nSPS) is 22.1. The largest absolute Gasteiger partial charge is 0.392 e. The second kappa shape index (κ2) is 5.97. The van der Waals surface area contributed by atoms with Gasteiger partial charge in [0.15, 0.2) is 0 Å². The third-order valence-electron chi connectivity index (χ3n) is 4.07. The Kier molecular flexibility index (Phi) is 4.05. The molecule has 2 heterocycles. The minimum absolute atomic E-state index is 0.0230. The third kappa shape index (κ3) is 2.60. The van der Waals surface area contributed by atoms with E-state index in [1.54, 1.807) is 14.2 Å². The second-order valence-corrected chi connectivity index (χ2v) is 5.28. The van der Waals surface area contributed by atoms with Gasteiger partial charge in [0.2, 0.25) is 0 Å². The van der Waals surface area contributed by atoms with Crippen molar-refractivity contribution >= 4 is 16.7 Å². The standard InChI is InChI=1S/C16H20N2O3/c1-20-14-8-18(9-15(14)21-2)16-12(10-19)7-11-5-3-4-6-13(11)17-16/h3-7,14-15,19H,8-10H2,1-2H3. The average molecular weight is 288 g/mol.